The van der Waals surface area contributed by atoms with Crippen molar-refractivity contribution in [3.05, 3.63) is 36.5 Å². The first kappa shape index (κ1) is 16.5. The van der Waals surface area contributed by atoms with Crippen LogP contribution in [0.1, 0.15) is 37.4 Å². The SMILES string of the molecule is O=S(=O)(NCC1CC1)c1ccc(N2CCCC(c3ncc[nH]3)C2)nc1. The fraction of sp³-hybridized carbons (Fsp3) is 0.529. The van der Waals surface area contributed by atoms with E-state index in [0.29, 0.717) is 18.4 Å². The van der Waals surface area contributed by atoms with E-state index in [4.69, 9.17) is 0 Å². The largest absolute Gasteiger partial charge is 0.356 e. The average molecular weight is 361 g/mol. The molecule has 25 heavy (non-hydrogen) atoms. The topological polar surface area (TPSA) is 91.0 Å². The van der Waals surface area contributed by atoms with Crippen molar-refractivity contribution in [1.29, 1.82) is 0 Å². The molecule has 1 aliphatic carbocycles. The number of rotatable bonds is 6. The van der Waals surface area contributed by atoms with Gasteiger partial charge in [-0.15, -0.1) is 0 Å². The summed E-state index contributed by atoms with van der Waals surface area (Å²) in [5, 5.41) is 0. The van der Waals surface area contributed by atoms with Crippen LogP contribution in [0.4, 0.5) is 5.82 Å². The predicted octanol–water partition coefficient (Wildman–Crippen LogP) is 1.88. The highest BCUT2D eigenvalue weighted by atomic mass is 32.2. The highest BCUT2D eigenvalue weighted by Gasteiger charge is 2.26. The van der Waals surface area contributed by atoms with Gasteiger partial charge in [0.05, 0.1) is 0 Å². The van der Waals surface area contributed by atoms with Gasteiger partial charge in [-0.2, -0.15) is 0 Å². The minimum absolute atomic E-state index is 0.233. The van der Waals surface area contributed by atoms with Gasteiger partial charge in [0, 0.05) is 44.1 Å². The lowest BCUT2D eigenvalue weighted by molar-refractivity contribution is 0.491. The van der Waals surface area contributed by atoms with Crippen molar-refractivity contribution in [1.82, 2.24) is 19.7 Å². The minimum atomic E-state index is -3.46. The Morgan fingerprint density at radius 2 is 2.12 bits per heavy atom. The van der Waals surface area contributed by atoms with Crippen molar-refractivity contribution in [2.24, 2.45) is 5.92 Å². The third-order valence-electron chi connectivity index (χ3n) is 4.94. The minimum Gasteiger partial charge on any atom is -0.356 e. The molecule has 2 aromatic heterocycles. The van der Waals surface area contributed by atoms with Crippen LogP contribution in [0.2, 0.25) is 0 Å². The number of nitrogens with one attached hydrogen (secondary N) is 2. The number of aromatic nitrogens is 3. The zero-order valence-electron chi connectivity index (χ0n) is 14.1. The molecule has 0 radical (unpaired) electrons. The Hall–Kier alpha value is -1.93. The normalized spacial score (nSPS) is 21.4. The first-order chi connectivity index (χ1) is 12.1. The Kier molecular flexibility index (Phi) is 4.47. The molecule has 0 amide bonds. The maximum atomic E-state index is 12.3. The van der Waals surface area contributed by atoms with Gasteiger partial charge in [0.25, 0.3) is 0 Å². The number of sulfonamides is 1. The summed E-state index contributed by atoms with van der Waals surface area (Å²) in [7, 11) is -3.46. The van der Waals surface area contributed by atoms with Gasteiger partial charge >= 0.3 is 0 Å². The highest BCUT2D eigenvalue weighted by molar-refractivity contribution is 7.89. The molecule has 2 N–H and O–H groups in total. The summed E-state index contributed by atoms with van der Waals surface area (Å²) in [6.45, 7) is 2.30. The quantitative estimate of drug-likeness (QED) is 0.820. The van der Waals surface area contributed by atoms with E-state index < -0.39 is 10.0 Å². The van der Waals surface area contributed by atoms with E-state index in [-0.39, 0.29) is 4.90 Å². The van der Waals surface area contributed by atoms with Crippen molar-refractivity contribution in [3.63, 3.8) is 0 Å². The number of hydrogen-bond acceptors (Lipinski definition) is 5. The molecular weight excluding hydrogens is 338 g/mol. The van der Waals surface area contributed by atoms with Crippen LogP contribution in [-0.2, 0) is 10.0 Å². The molecule has 0 bridgehead atoms. The van der Waals surface area contributed by atoms with E-state index in [9.17, 15) is 8.42 Å². The maximum absolute atomic E-state index is 12.3. The Morgan fingerprint density at radius 3 is 2.80 bits per heavy atom. The van der Waals surface area contributed by atoms with E-state index >= 15 is 0 Å². The Bertz CT molecular complexity index is 800. The summed E-state index contributed by atoms with van der Waals surface area (Å²) in [6, 6.07) is 3.45. The zero-order chi connectivity index (χ0) is 17.3. The predicted molar refractivity (Wildman–Crippen MR) is 94.9 cm³/mol. The first-order valence-electron chi connectivity index (χ1n) is 8.82. The van der Waals surface area contributed by atoms with Crippen molar-refractivity contribution < 1.29 is 8.42 Å². The Labute approximate surface area is 147 Å². The van der Waals surface area contributed by atoms with Gasteiger partial charge in [-0.05, 0) is 43.7 Å². The standard InChI is InChI=1S/C17H23N5O2S/c23-25(24,21-10-13-3-4-13)15-5-6-16(20-11-15)22-9-1-2-14(12-22)17-18-7-8-19-17/h5-8,11,13-14,21H,1-4,9-10,12H2,(H,18,19). The van der Waals surface area contributed by atoms with Crippen LogP contribution in [0.5, 0.6) is 0 Å². The van der Waals surface area contributed by atoms with Gasteiger partial charge in [0.15, 0.2) is 0 Å². The zero-order valence-corrected chi connectivity index (χ0v) is 14.9. The van der Waals surface area contributed by atoms with Crippen LogP contribution in [0.15, 0.2) is 35.6 Å². The van der Waals surface area contributed by atoms with Gasteiger partial charge < -0.3 is 9.88 Å². The third kappa shape index (κ3) is 3.85. The number of piperidine rings is 1. The summed E-state index contributed by atoms with van der Waals surface area (Å²) >= 11 is 0. The summed E-state index contributed by atoms with van der Waals surface area (Å²) in [6.07, 6.45) is 9.48. The average Bonchev–Trinajstić information content (AvgIpc) is 3.32. The number of aromatic amines is 1. The van der Waals surface area contributed by atoms with E-state index in [1.807, 2.05) is 6.20 Å². The van der Waals surface area contributed by atoms with Crippen LogP contribution < -0.4 is 9.62 Å². The lowest BCUT2D eigenvalue weighted by atomic mass is 9.97. The molecule has 1 saturated carbocycles. The number of imidazole rings is 1. The maximum Gasteiger partial charge on any atom is 0.242 e. The molecule has 1 aliphatic heterocycles. The second-order valence-electron chi connectivity index (χ2n) is 6.91. The van der Waals surface area contributed by atoms with Crippen LogP contribution in [0.3, 0.4) is 0 Å². The molecule has 2 aliphatic rings. The highest BCUT2D eigenvalue weighted by Crippen LogP contribution is 2.29. The summed E-state index contributed by atoms with van der Waals surface area (Å²) < 4.78 is 27.2. The van der Waals surface area contributed by atoms with Crippen LogP contribution in [0.25, 0.3) is 0 Å². The second kappa shape index (κ2) is 6.76. The summed E-state index contributed by atoms with van der Waals surface area (Å²) in [4.78, 5) is 14.4. The lowest BCUT2D eigenvalue weighted by Gasteiger charge is -2.32. The molecule has 0 aromatic carbocycles. The smallest absolute Gasteiger partial charge is 0.242 e. The second-order valence-corrected chi connectivity index (χ2v) is 8.67. The van der Waals surface area contributed by atoms with Gasteiger partial charge in [-0.25, -0.2) is 23.1 Å². The molecule has 0 spiro atoms. The summed E-state index contributed by atoms with van der Waals surface area (Å²) in [5.41, 5.74) is 0. The van der Waals surface area contributed by atoms with Gasteiger partial charge in [-0.1, -0.05) is 0 Å². The van der Waals surface area contributed by atoms with Crippen molar-refractivity contribution in [3.8, 4) is 0 Å². The number of nitrogens with zero attached hydrogens (tertiary/aromatic N) is 3. The number of hydrogen-bond donors (Lipinski definition) is 2. The molecule has 8 heteroatoms. The van der Waals surface area contributed by atoms with E-state index in [1.54, 1.807) is 18.3 Å². The first-order valence-corrected chi connectivity index (χ1v) is 10.3. The number of anilines is 1. The van der Waals surface area contributed by atoms with Crippen molar-refractivity contribution in [2.75, 3.05) is 24.5 Å². The van der Waals surface area contributed by atoms with Crippen LogP contribution in [0, 0.1) is 5.92 Å². The molecule has 2 aromatic rings. The van der Waals surface area contributed by atoms with Crippen LogP contribution in [-0.4, -0.2) is 43.0 Å². The van der Waals surface area contributed by atoms with Gasteiger partial charge in [0.1, 0.15) is 16.5 Å². The molecule has 4 rings (SSSR count). The van der Waals surface area contributed by atoms with Crippen molar-refractivity contribution in [2.45, 2.75) is 36.5 Å². The lowest BCUT2D eigenvalue weighted by Crippen LogP contribution is -2.35. The molecule has 1 unspecified atom stereocenters. The third-order valence-corrected chi connectivity index (χ3v) is 6.35. The molecular formula is C17H23N5O2S. The molecule has 1 atom stereocenters. The monoisotopic (exact) mass is 361 g/mol. The molecule has 2 fully saturated rings. The Morgan fingerprint density at radius 1 is 1.24 bits per heavy atom. The number of pyridine rings is 1. The molecule has 3 heterocycles. The van der Waals surface area contributed by atoms with E-state index in [2.05, 4.69) is 24.6 Å². The fourth-order valence-corrected chi connectivity index (χ4v) is 4.32. The number of H-pyrrole nitrogens is 1. The molecule has 134 valence electrons. The Balaban J connectivity index is 1.44. The van der Waals surface area contributed by atoms with Crippen molar-refractivity contribution >= 4 is 15.8 Å². The van der Waals surface area contributed by atoms with E-state index in [0.717, 1.165) is 50.4 Å². The van der Waals surface area contributed by atoms with Gasteiger partial charge in [0.2, 0.25) is 10.0 Å². The fourth-order valence-electron chi connectivity index (χ4n) is 3.26. The van der Waals surface area contributed by atoms with Crippen LogP contribution >= 0.6 is 0 Å². The van der Waals surface area contributed by atoms with E-state index in [1.165, 1.54) is 6.20 Å². The van der Waals surface area contributed by atoms with Gasteiger partial charge in [-0.3, -0.25) is 0 Å². The summed E-state index contributed by atoms with van der Waals surface area (Å²) in [5.74, 6) is 2.69. The molecule has 1 saturated heterocycles. The molecule has 7 nitrogen and oxygen atoms in total.